The Morgan fingerprint density at radius 1 is 1.12 bits per heavy atom. The van der Waals surface area contributed by atoms with Gasteiger partial charge in [-0.05, 0) is 50.9 Å². The van der Waals surface area contributed by atoms with Gasteiger partial charge >= 0.3 is 0 Å². The molecular formula is C14H28N2. The van der Waals surface area contributed by atoms with Crippen molar-refractivity contribution < 1.29 is 0 Å². The molecule has 2 aliphatic rings. The van der Waals surface area contributed by atoms with Gasteiger partial charge < -0.3 is 5.73 Å². The summed E-state index contributed by atoms with van der Waals surface area (Å²) >= 11 is 0. The lowest BCUT2D eigenvalue weighted by molar-refractivity contribution is 0.0118. The Kier molecular flexibility index (Phi) is 3.60. The van der Waals surface area contributed by atoms with Gasteiger partial charge in [0, 0.05) is 24.7 Å². The van der Waals surface area contributed by atoms with Gasteiger partial charge in [-0.2, -0.15) is 0 Å². The quantitative estimate of drug-likeness (QED) is 0.781. The van der Waals surface area contributed by atoms with E-state index in [2.05, 4.69) is 25.7 Å². The zero-order valence-electron chi connectivity index (χ0n) is 11.2. The smallest absolute Gasteiger partial charge is 0.0337 e. The minimum atomic E-state index is 0.341. The fourth-order valence-corrected chi connectivity index (χ4v) is 3.88. The zero-order chi connectivity index (χ0) is 11.8. The Bertz CT molecular complexity index is 241. The number of rotatable bonds is 2. The standard InChI is InChI=1S/C14H28N2/c1-11-6-7-14(8-11,10-15)16-9-12(2)4-5-13(16)3/h11-13H,4-10,15H2,1-3H3. The van der Waals surface area contributed by atoms with Crippen molar-refractivity contribution in [2.24, 2.45) is 17.6 Å². The lowest BCUT2D eigenvalue weighted by Gasteiger charge is -2.48. The van der Waals surface area contributed by atoms with Gasteiger partial charge in [0.05, 0.1) is 0 Å². The van der Waals surface area contributed by atoms with E-state index in [-0.39, 0.29) is 0 Å². The Morgan fingerprint density at radius 3 is 2.44 bits per heavy atom. The van der Waals surface area contributed by atoms with Gasteiger partial charge in [0.15, 0.2) is 0 Å². The largest absolute Gasteiger partial charge is 0.329 e. The van der Waals surface area contributed by atoms with Crippen LogP contribution in [-0.4, -0.2) is 29.6 Å². The van der Waals surface area contributed by atoms with E-state index in [4.69, 9.17) is 5.73 Å². The minimum absolute atomic E-state index is 0.341. The first-order chi connectivity index (χ1) is 7.57. The first kappa shape index (κ1) is 12.4. The molecule has 0 radical (unpaired) electrons. The highest BCUT2D eigenvalue weighted by molar-refractivity contribution is 5.01. The Morgan fingerprint density at radius 2 is 1.88 bits per heavy atom. The molecule has 1 aliphatic heterocycles. The van der Waals surface area contributed by atoms with E-state index in [9.17, 15) is 0 Å². The molecule has 0 bridgehead atoms. The van der Waals surface area contributed by atoms with E-state index in [1.165, 1.54) is 38.6 Å². The second kappa shape index (κ2) is 4.66. The maximum Gasteiger partial charge on any atom is 0.0337 e. The van der Waals surface area contributed by atoms with Gasteiger partial charge in [0.2, 0.25) is 0 Å². The van der Waals surface area contributed by atoms with E-state index in [0.717, 1.165) is 24.4 Å². The molecule has 0 aromatic heterocycles. The van der Waals surface area contributed by atoms with Crippen molar-refractivity contribution in [2.45, 2.75) is 64.5 Å². The van der Waals surface area contributed by atoms with Crippen LogP contribution in [0.15, 0.2) is 0 Å². The fourth-order valence-electron chi connectivity index (χ4n) is 3.88. The molecule has 16 heavy (non-hydrogen) atoms. The molecule has 2 rings (SSSR count). The van der Waals surface area contributed by atoms with Crippen LogP contribution in [0.25, 0.3) is 0 Å². The van der Waals surface area contributed by atoms with Gasteiger partial charge in [-0.25, -0.2) is 0 Å². The van der Waals surface area contributed by atoms with Crippen molar-refractivity contribution in [3.63, 3.8) is 0 Å². The minimum Gasteiger partial charge on any atom is -0.329 e. The summed E-state index contributed by atoms with van der Waals surface area (Å²) < 4.78 is 0. The number of hydrogen-bond donors (Lipinski definition) is 1. The lowest BCUT2D eigenvalue weighted by atomic mass is 9.85. The highest BCUT2D eigenvalue weighted by atomic mass is 15.2. The van der Waals surface area contributed by atoms with E-state index < -0.39 is 0 Å². The maximum absolute atomic E-state index is 6.13. The second-order valence-corrected chi connectivity index (χ2v) is 6.46. The van der Waals surface area contributed by atoms with E-state index in [1.54, 1.807) is 0 Å². The van der Waals surface area contributed by atoms with Crippen LogP contribution in [-0.2, 0) is 0 Å². The number of likely N-dealkylation sites (tertiary alicyclic amines) is 1. The third kappa shape index (κ3) is 2.14. The molecule has 4 unspecified atom stereocenters. The van der Waals surface area contributed by atoms with E-state index in [0.29, 0.717) is 5.54 Å². The summed E-state index contributed by atoms with van der Waals surface area (Å²) in [5.41, 5.74) is 6.47. The molecule has 1 saturated heterocycles. The summed E-state index contributed by atoms with van der Waals surface area (Å²) in [5.74, 6) is 1.73. The van der Waals surface area contributed by atoms with Crippen LogP contribution in [0, 0.1) is 11.8 Å². The van der Waals surface area contributed by atoms with Crippen LogP contribution < -0.4 is 5.73 Å². The second-order valence-electron chi connectivity index (χ2n) is 6.46. The highest BCUT2D eigenvalue weighted by Gasteiger charge is 2.44. The van der Waals surface area contributed by atoms with Crippen LogP contribution in [0.2, 0.25) is 0 Å². The third-order valence-electron chi connectivity index (χ3n) is 4.94. The van der Waals surface area contributed by atoms with Gasteiger partial charge in [0.25, 0.3) is 0 Å². The van der Waals surface area contributed by atoms with Gasteiger partial charge in [-0.3, -0.25) is 4.90 Å². The van der Waals surface area contributed by atoms with Crippen molar-refractivity contribution >= 4 is 0 Å². The molecule has 2 heteroatoms. The maximum atomic E-state index is 6.13. The first-order valence-electron chi connectivity index (χ1n) is 7.04. The molecule has 1 heterocycles. The number of nitrogens with zero attached hydrogens (tertiary/aromatic N) is 1. The SMILES string of the molecule is CC1CCC(C)N(C2(CN)CCC(C)C2)C1. The van der Waals surface area contributed by atoms with Crippen LogP contribution in [0.5, 0.6) is 0 Å². The van der Waals surface area contributed by atoms with Crippen molar-refractivity contribution in [3.05, 3.63) is 0 Å². The number of hydrogen-bond acceptors (Lipinski definition) is 2. The van der Waals surface area contributed by atoms with E-state index >= 15 is 0 Å². The molecule has 0 amide bonds. The lowest BCUT2D eigenvalue weighted by Crippen LogP contribution is -2.58. The molecular weight excluding hydrogens is 196 g/mol. The Hall–Kier alpha value is -0.0800. The summed E-state index contributed by atoms with van der Waals surface area (Å²) in [7, 11) is 0. The number of piperidine rings is 1. The topological polar surface area (TPSA) is 29.3 Å². The van der Waals surface area contributed by atoms with Crippen molar-refractivity contribution in [1.29, 1.82) is 0 Å². The van der Waals surface area contributed by atoms with Crippen molar-refractivity contribution in [3.8, 4) is 0 Å². The number of nitrogens with two attached hydrogens (primary N) is 1. The van der Waals surface area contributed by atoms with Crippen LogP contribution >= 0.6 is 0 Å². The third-order valence-corrected chi connectivity index (χ3v) is 4.94. The summed E-state index contributed by atoms with van der Waals surface area (Å²) in [6.07, 6.45) is 6.77. The molecule has 1 aliphatic carbocycles. The summed E-state index contributed by atoms with van der Waals surface area (Å²) in [6.45, 7) is 9.29. The predicted molar refractivity (Wildman–Crippen MR) is 69.4 cm³/mol. The molecule has 2 nitrogen and oxygen atoms in total. The molecule has 94 valence electrons. The highest BCUT2D eigenvalue weighted by Crippen LogP contribution is 2.41. The normalized spacial score (nSPS) is 46.1. The molecule has 2 N–H and O–H groups in total. The van der Waals surface area contributed by atoms with Gasteiger partial charge in [-0.15, -0.1) is 0 Å². The monoisotopic (exact) mass is 224 g/mol. The Balaban J connectivity index is 2.13. The average molecular weight is 224 g/mol. The molecule has 2 fully saturated rings. The van der Waals surface area contributed by atoms with Crippen LogP contribution in [0.1, 0.15) is 52.9 Å². The summed E-state index contributed by atoms with van der Waals surface area (Å²) in [4.78, 5) is 2.75. The summed E-state index contributed by atoms with van der Waals surface area (Å²) in [6, 6.07) is 0.741. The van der Waals surface area contributed by atoms with E-state index in [1.807, 2.05) is 0 Å². The average Bonchev–Trinajstić information content (AvgIpc) is 2.65. The summed E-state index contributed by atoms with van der Waals surface area (Å²) in [5, 5.41) is 0. The van der Waals surface area contributed by atoms with Crippen LogP contribution in [0.3, 0.4) is 0 Å². The van der Waals surface area contributed by atoms with Gasteiger partial charge in [0.1, 0.15) is 0 Å². The predicted octanol–water partition coefficient (Wildman–Crippen LogP) is 2.62. The van der Waals surface area contributed by atoms with Gasteiger partial charge in [-0.1, -0.05) is 13.8 Å². The molecule has 0 aromatic rings. The first-order valence-corrected chi connectivity index (χ1v) is 7.04. The van der Waals surface area contributed by atoms with Crippen molar-refractivity contribution in [1.82, 2.24) is 4.90 Å². The molecule has 0 spiro atoms. The zero-order valence-corrected chi connectivity index (χ0v) is 11.2. The molecule has 0 aromatic carbocycles. The Labute approximate surface area is 101 Å². The molecule has 4 atom stereocenters. The molecule has 1 saturated carbocycles. The van der Waals surface area contributed by atoms with Crippen LogP contribution in [0.4, 0.5) is 0 Å². The van der Waals surface area contributed by atoms with Crippen molar-refractivity contribution in [2.75, 3.05) is 13.1 Å². The fraction of sp³-hybridized carbons (Fsp3) is 1.00.